The van der Waals surface area contributed by atoms with Crippen LogP contribution in [-0.4, -0.2) is 14.8 Å². The third-order valence-electron chi connectivity index (χ3n) is 1.16. The van der Waals surface area contributed by atoms with E-state index in [0.29, 0.717) is 9.13 Å². The Labute approximate surface area is 58.0 Å². The molecular weight excluding hydrogens is 124 g/mol. The summed E-state index contributed by atoms with van der Waals surface area (Å²) >= 11 is 0. The molecule has 0 saturated heterocycles. The Balaban J connectivity index is 2.85. The lowest BCUT2D eigenvalue weighted by molar-refractivity contribution is 1.77. The van der Waals surface area contributed by atoms with Gasteiger partial charge in [0.05, 0.1) is 0 Å². The van der Waals surface area contributed by atoms with Crippen LogP contribution in [0.2, 0.25) is 0 Å². The maximum Gasteiger partial charge on any atom is 0.0248 e. The Morgan fingerprint density at radius 2 is 1.89 bits per heavy atom. The van der Waals surface area contributed by atoms with Crippen LogP contribution in [0.3, 0.4) is 0 Å². The van der Waals surface area contributed by atoms with Crippen LogP contribution >= 0.6 is 0 Å². The van der Waals surface area contributed by atoms with Gasteiger partial charge in [0.15, 0.2) is 0 Å². The topological polar surface area (TPSA) is 0 Å². The van der Waals surface area contributed by atoms with Crippen LogP contribution in [0, 0.1) is 0 Å². The summed E-state index contributed by atoms with van der Waals surface area (Å²) in [5, 5.41) is 1.47. The summed E-state index contributed by atoms with van der Waals surface area (Å²) in [4.78, 5) is 0. The van der Waals surface area contributed by atoms with E-state index in [0.717, 1.165) is 0 Å². The van der Waals surface area contributed by atoms with Crippen molar-refractivity contribution in [2.45, 2.75) is 6.92 Å². The van der Waals surface area contributed by atoms with Gasteiger partial charge in [-0.1, -0.05) is 37.3 Å². The Hall–Kier alpha value is -0.693. The summed E-state index contributed by atoms with van der Waals surface area (Å²) in [5.41, 5.74) is 2.25. The van der Waals surface area contributed by atoms with Crippen molar-refractivity contribution in [1.29, 1.82) is 0 Å². The quantitative estimate of drug-likeness (QED) is 0.493. The van der Waals surface area contributed by atoms with Gasteiger partial charge < -0.3 is 0 Å². The van der Waals surface area contributed by atoms with Crippen molar-refractivity contribution < 1.29 is 0 Å². The first-order valence-electron chi connectivity index (χ1n) is 3.11. The second-order valence-electron chi connectivity index (χ2n) is 1.91. The van der Waals surface area contributed by atoms with E-state index in [-0.39, 0.29) is 0 Å². The van der Waals surface area contributed by atoms with Gasteiger partial charge >= 0.3 is 0 Å². The van der Waals surface area contributed by atoms with E-state index in [2.05, 4.69) is 42.9 Å². The number of hydrogen-bond donors (Lipinski definition) is 0. The molecule has 0 saturated carbocycles. The zero-order chi connectivity index (χ0) is 6.53. The van der Waals surface area contributed by atoms with Crippen LogP contribution in [0.25, 0.3) is 0 Å². The van der Waals surface area contributed by atoms with Gasteiger partial charge in [-0.05, 0) is 5.19 Å². The third kappa shape index (κ3) is 1.94. The number of hydrogen-bond acceptors (Lipinski definition) is 0. The Bertz CT molecular complexity index is 189. The van der Waals surface area contributed by atoms with Gasteiger partial charge in [0.25, 0.3) is 0 Å². The maximum atomic E-state index is 2.25. The molecule has 1 heteroatoms. The Morgan fingerprint density at radius 3 is 2.44 bits per heavy atom. The standard InChI is InChI=1S/C8H10Si/c1-2-9-8-6-4-3-5-7-8/h2-7,9H,1H3. The van der Waals surface area contributed by atoms with Gasteiger partial charge in [0.1, 0.15) is 0 Å². The Morgan fingerprint density at radius 1 is 1.22 bits per heavy atom. The lowest BCUT2D eigenvalue weighted by Gasteiger charge is -1.86. The third-order valence-corrected chi connectivity index (χ3v) is 2.26. The molecule has 0 heterocycles. The summed E-state index contributed by atoms with van der Waals surface area (Å²) < 4.78 is 0. The molecular formula is C8H10Si. The first-order chi connectivity index (χ1) is 4.43. The minimum atomic E-state index is 0.418. The fraction of sp³-hybridized carbons (Fsp3) is 0.125. The van der Waals surface area contributed by atoms with E-state index < -0.39 is 0 Å². The first-order valence-corrected chi connectivity index (χ1v) is 4.35. The van der Waals surface area contributed by atoms with Crippen LogP contribution in [0.5, 0.6) is 0 Å². The van der Waals surface area contributed by atoms with E-state index in [4.69, 9.17) is 0 Å². The molecule has 0 aliphatic carbocycles. The molecule has 9 heavy (non-hydrogen) atoms. The largest absolute Gasteiger partial charge is 0.105 e. The minimum absolute atomic E-state index is 0.418. The van der Waals surface area contributed by atoms with Crippen LogP contribution < -0.4 is 5.19 Å². The summed E-state index contributed by atoms with van der Waals surface area (Å²) in [6.07, 6.45) is 0. The van der Waals surface area contributed by atoms with Crippen molar-refractivity contribution in [3.05, 3.63) is 30.3 Å². The molecule has 0 fully saturated rings. The van der Waals surface area contributed by atoms with Gasteiger partial charge in [0, 0.05) is 9.13 Å². The van der Waals surface area contributed by atoms with Crippen LogP contribution in [0.1, 0.15) is 6.92 Å². The van der Waals surface area contributed by atoms with Crippen LogP contribution in [0.15, 0.2) is 30.3 Å². The molecule has 0 nitrogen and oxygen atoms in total. The highest BCUT2D eigenvalue weighted by Crippen LogP contribution is 1.77. The normalized spacial score (nSPS) is 10.3. The van der Waals surface area contributed by atoms with Gasteiger partial charge in [-0.3, -0.25) is 0 Å². The summed E-state index contributed by atoms with van der Waals surface area (Å²) in [6.45, 7) is 2.11. The fourth-order valence-corrected chi connectivity index (χ4v) is 1.59. The van der Waals surface area contributed by atoms with Gasteiger partial charge in [-0.2, -0.15) is 0 Å². The highest BCUT2D eigenvalue weighted by atomic mass is 28.2. The zero-order valence-corrected chi connectivity index (χ0v) is 6.70. The average Bonchev–Trinajstić information content (AvgIpc) is 1.91. The lowest BCUT2D eigenvalue weighted by atomic mass is 10.4. The van der Waals surface area contributed by atoms with Crippen molar-refractivity contribution >= 4 is 20.0 Å². The van der Waals surface area contributed by atoms with Crippen LogP contribution in [-0.2, 0) is 0 Å². The van der Waals surface area contributed by atoms with E-state index in [1.54, 1.807) is 0 Å². The average molecular weight is 134 g/mol. The van der Waals surface area contributed by atoms with Gasteiger partial charge in [-0.15, -0.1) is 5.67 Å². The molecule has 0 bridgehead atoms. The summed E-state index contributed by atoms with van der Waals surface area (Å²) in [6, 6.07) is 10.6. The number of benzene rings is 1. The van der Waals surface area contributed by atoms with E-state index in [1.165, 1.54) is 5.19 Å². The van der Waals surface area contributed by atoms with Crippen molar-refractivity contribution in [2.75, 3.05) is 0 Å². The second kappa shape index (κ2) is 3.36. The second-order valence-corrected chi connectivity index (χ2v) is 3.58. The van der Waals surface area contributed by atoms with Gasteiger partial charge in [-0.25, -0.2) is 0 Å². The van der Waals surface area contributed by atoms with E-state index in [9.17, 15) is 0 Å². The predicted molar refractivity (Wildman–Crippen MR) is 45.0 cm³/mol. The minimum Gasteiger partial charge on any atom is -0.105 e. The molecule has 0 atom stereocenters. The van der Waals surface area contributed by atoms with Crippen LogP contribution in [0.4, 0.5) is 0 Å². The molecule has 0 amide bonds. The number of rotatable bonds is 1. The molecule has 0 aliphatic rings. The zero-order valence-electron chi connectivity index (χ0n) is 5.54. The highest BCUT2D eigenvalue weighted by molar-refractivity contribution is 6.60. The Kier molecular flexibility index (Phi) is 2.40. The first kappa shape index (κ1) is 6.43. The van der Waals surface area contributed by atoms with Crippen molar-refractivity contribution in [1.82, 2.24) is 0 Å². The molecule has 0 spiro atoms. The summed E-state index contributed by atoms with van der Waals surface area (Å²) in [7, 11) is 0.418. The van der Waals surface area contributed by atoms with Crippen molar-refractivity contribution in [3.63, 3.8) is 0 Å². The van der Waals surface area contributed by atoms with E-state index in [1.807, 2.05) is 0 Å². The molecule has 1 aromatic rings. The van der Waals surface area contributed by atoms with Crippen molar-refractivity contribution in [3.8, 4) is 0 Å². The fourth-order valence-electron chi connectivity index (χ4n) is 0.757. The van der Waals surface area contributed by atoms with Crippen molar-refractivity contribution in [2.24, 2.45) is 0 Å². The molecule has 0 unspecified atom stereocenters. The monoisotopic (exact) mass is 134 g/mol. The molecule has 0 N–H and O–H groups in total. The summed E-state index contributed by atoms with van der Waals surface area (Å²) in [5.74, 6) is 0. The predicted octanol–water partition coefficient (Wildman–Crippen LogP) is 0.571. The smallest absolute Gasteiger partial charge is 0.0248 e. The molecule has 46 valence electrons. The molecule has 0 aliphatic heterocycles. The van der Waals surface area contributed by atoms with Gasteiger partial charge in [0.2, 0.25) is 0 Å². The molecule has 0 aromatic heterocycles. The maximum absolute atomic E-state index is 2.25. The molecule has 0 radical (unpaired) electrons. The lowest BCUT2D eigenvalue weighted by Crippen LogP contribution is -2.05. The SMILES string of the molecule is CC=[SiH]c1ccccc1. The molecule has 1 rings (SSSR count). The van der Waals surface area contributed by atoms with E-state index >= 15 is 0 Å². The highest BCUT2D eigenvalue weighted by Gasteiger charge is 1.78. The molecule has 1 aromatic carbocycles.